The van der Waals surface area contributed by atoms with Crippen LogP contribution in [0.25, 0.3) is 6.08 Å². The highest BCUT2D eigenvalue weighted by Gasteiger charge is 2.50. The second-order valence-corrected chi connectivity index (χ2v) is 11.4. The molecule has 0 aromatic heterocycles. The number of hydrogen-bond acceptors (Lipinski definition) is 6. The maximum Gasteiger partial charge on any atom is 0.412 e. The van der Waals surface area contributed by atoms with Crippen LogP contribution in [0, 0.1) is 5.82 Å². The number of halogens is 1. The molecule has 1 fully saturated rings. The molecule has 32 heavy (non-hydrogen) atoms. The van der Waals surface area contributed by atoms with Gasteiger partial charge in [0, 0.05) is 5.56 Å². The van der Waals surface area contributed by atoms with Crippen LogP contribution in [0.5, 0.6) is 0 Å². The molecule has 0 radical (unpaired) electrons. The highest BCUT2D eigenvalue weighted by atomic mass is 32.3. The summed E-state index contributed by atoms with van der Waals surface area (Å²) in [6, 6.07) is 3.62. The minimum absolute atomic E-state index is 0.0702. The first-order valence-electron chi connectivity index (χ1n) is 9.78. The molecule has 1 atom stereocenters. The first kappa shape index (κ1) is 25.6. The van der Waals surface area contributed by atoms with Crippen LogP contribution in [-0.4, -0.2) is 47.6 Å². The van der Waals surface area contributed by atoms with Gasteiger partial charge in [0.25, 0.3) is 0 Å². The van der Waals surface area contributed by atoms with Crippen LogP contribution in [0.3, 0.4) is 0 Å². The van der Waals surface area contributed by atoms with E-state index in [4.69, 9.17) is 4.74 Å². The first-order chi connectivity index (χ1) is 14.4. The molecule has 178 valence electrons. The summed E-state index contributed by atoms with van der Waals surface area (Å²) in [5.41, 5.74) is -2.21. The zero-order chi connectivity index (χ0) is 24.6. The molecule has 1 saturated heterocycles. The van der Waals surface area contributed by atoms with Gasteiger partial charge < -0.3 is 9.84 Å². The Balaban J connectivity index is 2.34. The molecule has 0 spiro atoms. The molecule has 4 N–H and O–H groups in total. The molecule has 9 nitrogen and oxygen atoms in total. The number of aliphatic carboxylic acids is 1. The lowest BCUT2D eigenvalue weighted by molar-refractivity contribution is -0.133. The maximum atomic E-state index is 14.9. The molecule has 2 rings (SSSR count). The number of carboxylic acids is 1. The number of amides is 2. The third-order valence-electron chi connectivity index (χ3n) is 4.39. The number of rotatable bonds is 4. The van der Waals surface area contributed by atoms with Gasteiger partial charge in [-0.2, -0.15) is 0 Å². The number of hydrogen-bond donors (Lipinski definition) is 4. The van der Waals surface area contributed by atoms with Crippen LogP contribution in [0.4, 0.5) is 9.18 Å². The normalized spacial score (nSPS) is 20.2. The summed E-state index contributed by atoms with van der Waals surface area (Å²) in [6.07, 6.45) is -0.214. The average molecular weight is 473 g/mol. The molecular weight excluding hydrogens is 443 g/mol. The predicted molar refractivity (Wildman–Crippen MR) is 118 cm³/mol. The third kappa shape index (κ3) is 5.78. The van der Waals surface area contributed by atoms with E-state index in [1.54, 1.807) is 41.5 Å². The highest BCUT2D eigenvalue weighted by molar-refractivity contribution is 8.23. The summed E-state index contributed by atoms with van der Waals surface area (Å²) in [5.74, 6) is -2.80. The fraction of sp³-hybridized carbons (Fsp3) is 0.476. The van der Waals surface area contributed by atoms with E-state index >= 15 is 0 Å². The second kappa shape index (κ2) is 8.72. The van der Waals surface area contributed by atoms with Crippen molar-refractivity contribution in [3.05, 3.63) is 40.8 Å². The molecule has 1 aromatic rings. The Morgan fingerprint density at radius 3 is 2.25 bits per heavy atom. The standard InChI is InChI=1S/C21H29FN2O7S/c1-20(2,3)24-17(25)11-16(32(24,29)30)13-8-7-12(9-14(13)22)10-15(18(26)27)23-19(28)31-21(4,5)6/h7-10,16,29-30H,11H2,1-6H3,(H,23,28)(H,26,27). The number of nitrogens with zero attached hydrogens (tertiary/aromatic N) is 1. The van der Waals surface area contributed by atoms with E-state index < -0.39 is 56.6 Å². The van der Waals surface area contributed by atoms with Crippen molar-refractivity contribution < 1.29 is 37.7 Å². The maximum absolute atomic E-state index is 14.9. The van der Waals surface area contributed by atoms with Gasteiger partial charge in [-0.3, -0.25) is 19.2 Å². The van der Waals surface area contributed by atoms with Crippen LogP contribution >= 0.6 is 10.8 Å². The van der Waals surface area contributed by atoms with Crippen LogP contribution in [-0.2, 0) is 14.3 Å². The summed E-state index contributed by atoms with van der Waals surface area (Å²) in [4.78, 5) is 35.7. The van der Waals surface area contributed by atoms with E-state index in [1.807, 2.05) is 0 Å². The van der Waals surface area contributed by atoms with Gasteiger partial charge in [0.15, 0.2) is 0 Å². The van der Waals surface area contributed by atoms with Gasteiger partial charge >= 0.3 is 12.1 Å². The van der Waals surface area contributed by atoms with E-state index in [9.17, 15) is 33.0 Å². The van der Waals surface area contributed by atoms with Gasteiger partial charge in [0.05, 0.1) is 12.0 Å². The number of carboxylic acid groups (broad SMARTS) is 1. The van der Waals surface area contributed by atoms with Gasteiger partial charge in [-0.1, -0.05) is 12.1 Å². The van der Waals surface area contributed by atoms with Crippen molar-refractivity contribution in [2.24, 2.45) is 0 Å². The number of alkyl carbamates (subject to hydrolysis) is 1. The Hall–Kier alpha value is -2.63. The number of ether oxygens (including phenoxy) is 1. The van der Waals surface area contributed by atoms with Crippen molar-refractivity contribution >= 4 is 34.8 Å². The molecule has 1 unspecified atom stereocenters. The number of carbonyl (C=O) groups excluding carboxylic acids is 2. The van der Waals surface area contributed by atoms with Crippen molar-refractivity contribution in [3.63, 3.8) is 0 Å². The number of nitrogens with one attached hydrogen (secondary N) is 1. The third-order valence-corrected chi connectivity index (χ3v) is 6.87. The van der Waals surface area contributed by atoms with Crippen molar-refractivity contribution in [3.8, 4) is 0 Å². The largest absolute Gasteiger partial charge is 0.477 e. The van der Waals surface area contributed by atoms with Gasteiger partial charge in [-0.15, -0.1) is 10.8 Å². The van der Waals surface area contributed by atoms with E-state index in [0.717, 1.165) is 16.4 Å². The summed E-state index contributed by atoms with van der Waals surface area (Å²) >= 11 is 0. The van der Waals surface area contributed by atoms with Gasteiger partial charge in [-0.05, 0) is 59.2 Å². The molecular formula is C21H29FN2O7S. The van der Waals surface area contributed by atoms with Crippen LogP contribution in [0.15, 0.2) is 23.9 Å². The van der Waals surface area contributed by atoms with Crippen molar-refractivity contribution in [2.75, 3.05) is 0 Å². The van der Waals surface area contributed by atoms with Crippen molar-refractivity contribution in [1.29, 1.82) is 0 Å². The van der Waals surface area contributed by atoms with Crippen molar-refractivity contribution in [1.82, 2.24) is 9.62 Å². The highest BCUT2D eigenvalue weighted by Crippen LogP contribution is 2.65. The molecule has 1 aliphatic rings. The second-order valence-electron chi connectivity index (χ2n) is 9.38. The lowest BCUT2D eigenvalue weighted by Crippen LogP contribution is -2.43. The fourth-order valence-electron chi connectivity index (χ4n) is 3.31. The average Bonchev–Trinajstić information content (AvgIpc) is 2.81. The fourth-order valence-corrected chi connectivity index (χ4v) is 5.65. The molecule has 11 heteroatoms. The Labute approximate surface area is 187 Å². The SMILES string of the molecule is CC(C)(C)OC(=O)NC(=Cc1ccc(C2CC(=O)N(C(C)(C)C)S2(O)O)c(F)c1)C(=O)O. The van der Waals surface area contributed by atoms with E-state index in [1.165, 1.54) is 12.1 Å². The molecule has 0 saturated carbocycles. The van der Waals surface area contributed by atoms with Gasteiger partial charge in [0.2, 0.25) is 5.91 Å². The summed E-state index contributed by atoms with van der Waals surface area (Å²) in [5, 5.41) is 10.3. The lowest BCUT2D eigenvalue weighted by atomic mass is 10.0. The van der Waals surface area contributed by atoms with E-state index in [0.29, 0.717) is 0 Å². The van der Waals surface area contributed by atoms with Crippen LogP contribution in [0.2, 0.25) is 0 Å². The summed E-state index contributed by atoms with van der Waals surface area (Å²) < 4.78 is 42.3. The Bertz CT molecular complexity index is 964. The minimum atomic E-state index is -3.63. The zero-order valence-electron chi connectivity index (χ0n) is 18.8. The van der Waals surface area contributed by atoms with E-state index in [2.05, 4.69) is 5.32 Å². The molecule has 1 heterocycles. The lowest BCUT2D eigenvalue weighted by Gasteiger charge is -2.47. The molecule has 1 aromatic carbocycles. The molecule has 0 bridgehead atoms. The van der Waals surface area contributed by atoms with Gasteiger partial charge in [-0.25, -0.2) is 18.3 Å². The topological polar surface area (TPSA) is 136 Å². The summed E-state index contributed by atoms with van der Waals surface area (Å²) in [7, 11) is -3.63. The zero-order valence-corrected chi connectivity index (χ0v) is 19.6. The Kier molecular flexibility index (Phi) is 6.98. The number of benzene rings is 1. The van der Waals surface area contributed by atoms with Gasteiger partial charge in [0.1, 0.15) is 22.4 Å². The Morgan fingerprint density at radius 1 is 1.22 bits per heavy atom. The number of carbonyl (C=O) groups is 3. The van der Waals surface area contributed by atoms with E-state index in [-0.39, 0.29) is 17.5 Å². The monoisotopic (exact) mass is 472 g/mol. The van der Waals surface area contributed by atoms with Crippen molar-refractivity contribution in [2.45, 2.75) is 64.4 Å². The molecule has 2 amide bonds. The summed E-state index contributed by atoms with van der Waals surface area (Å²) in [6.45, 7) is 9.79. The van der Waals surface area contributed by atoms with Crippen LogP contribution < -0.4 is 5.32 Å². The first-order valence-corrected chi connectivity index (χ1v) is 11.3. The molecule has 0 aliphatic carbocycles. The quantitative estimate of drug-likeness (QED) is 0.473. The minimum Gasteiger partial charge on any atom is -0.477 e. The Morgan fingerprint density at radius 2 is 1.81 bits per heavy atom. The molecule has 1 aliphatic heterocycles. The predicted octanol–water partition coefficient (Wildman–Crippen LogP) is 4.51. The smallest absolute Gasteiger partial charge is 0.412 e. The van der Waals surface area contributed by atoms with Crippen LogP contribution in [0.1, 0.15) is 64.3 Å².